The predicted molar refractivity (Wildman–Crippen MR) is 96.9 cm³/mol. The van der Waals surface area contributed by atoms with Crippen LogP contribution in [0.25, 0.3) is 0 Å². The van der Waals surface area contributed by atoms with Crippen molar-refractivity contribution in [3.05, 3.63) is 58.9 Å². The molecule has 155 valence electrons. The molecule has 1 amide bonds. The minimum Gasteiger partial charge on any atom is -0.508 e. The van der Waals surface area contributed by atoms with Gasteiger partial charge in [-0.2, -0.15) is 13.2 Å². The number of alkyl halides is 3. The third kappa shape index (κ3) is 4.00. The third-order valence-electron chi connectivity index (χ3n) is 5.04. The Morgan fingerprint density at radius 3 is 2.45 bits per heavy atom. The van der Waals surface area contributed by atoms with Gasteiger partial charge < -0.3 is 10.2 Å². The molecular formula is C20H19F4N2O3. The maximum absolute atomic E-state index is 13.9. The Labute approximate surface area is 164 Å². The molecular weight excluding hydrogens is 392 g/mol. The summed E-state index contributed by atoms with van der Waals surface area (Å²) in [5, 5.41) is 20.7. The minimum absolute atomic E-state index is 0.0488. The van der Waals surface area contributed by atoms with Crippen LogP contribution in [-0.4, -0.2) is 27.9 Å². The zero-order valence-electron chi connectivity index (χ0n) is 15.6. The van der Waals surface area contributed by atoms with Crippen LogP contribution in [0.3, 0.4) is 0 Å². The monoisotopic (exact) mass is 411 g/mol. The number of phenols is 1. The first kappa shape index (κ1) is 20.9. The lowest BCUT2D eigenvalue weighted by Gasteiger charge is -2.38. The number of carbonyl (C=O) groups is 1. The second-order valence-electron chi connectivity index (χ2n) is 7.84. The van der Waals surface area contributed by atoms with Gasteiger partial charge in [0.25, 0.3) is 5.91 Å². The van der Waals surface area contributed by atoms with Crippen molar-refractivity contribution in [2.24, 2.45) is 0 Å². The first-order valence-electron chi connectivity index (χ1n) is 8.74. The van der Waals surface area contributed by atoms with Gasteiger partial charge in [0.15, 0.2) is 5.60 Å². The molecule has 3 rings (SSSR count). The highest BCUT2D eigenvalue weighted by Crippen LogP contribution is 2.45. The smallest absolute Gasteiger partial charge is 0.417 e. The van der Waals surface area contributed by atoms with Gasteiger partial charge in [0.2, 0.25) is 0 Å². The van der Waals surface area contributed by atoms with Crippen LogP contribution >= 0.6 is 0 Å². The maximum atomic E-state index is 13.9. The molecule has 0 saturated heterocycles. The summed E-state index contributed by atoms with van der Waals surface area (Å²) in [6.45, 7) is 2.76. The van der Waals surface area contributed by atoms with Crippen molar-refractivity contribution in [3.63, 3.8) is 0 Å². The number of nitrogens with zero attached hydrogens (tertiary/aromatic N) is 1. The number of benzene rings is 2. The lowest BCUT2D eigenvalue weighted by Crippen LogP contribution is -2.50. The summed E-state index contributed by atoms with van der Waals surface area (Å²) in [5.74, 6) is -1.69. The molecule has 29 heavy (non-hydrogen) atoms. The van der Waals surface area contributed by atoms with Crippen molar-refractivity contribution >= 4 is 11.6 Å². The van der Waals surface area contributed by atoms with Crippen LogP contribution in [0, 0.1) is 5.82 Å². The van der Waals surface area contributed by atoms with Crippen molar-refractivity contribution in [1.29, 1.82) is 0 Å². The number of aromatic hydroxyl groups is 1. The zero-order chi connectivity index (χ0) is 21.6. The van der Waals surface area contributed by atoms with Crippen LogP contribution in [0.1, 0.15) is 41.8 Å². The summed E-state index contributed by atoms with van der Waals surface area (Å²) in [6, 6.07) is 7.04. The number of rotatable bonds is 5. The van der Waals surface area contributed by atoms with Gasteiger partial charge in [-0.05, 0) is 47.7 Å². The molecule has 1 unspecified atom stereocenters. The van der Waals surface area contributed by atoms with Gasteiger partial charge in [0, 0.05) is 12.0 Å². The summed E-state index contributed by atoms with van der Waals surface area (Å²) < 4.78 is 55.3. The Morgan fingerprint density at radius 2 is 1.79 bits per heavy atom. The van der Waals surface area contributed by atoms with Gasteiger partial charge in [-0.3, -0.25) is 10.2 Å². The number of aliphatic hydroxyl groups is 1. The van der Waals surface area contributed by atoms with Crippen molar-refractivity contribution in [2.75, 3.05) is 5.43 Å². The van der Waals surface area contributed by atoms with E-state index in [-0.39, 0.29) is 22.4 Å². The summed E-state index contributed by atoms with van der Waals surface area (Å²) in [4.78, 5) is 11.7. The topological polar surface area (TPSA) is 83.7 Å². The van der Waals surface area contributed by atoms with E-state index in [1.807, 2.05) is 0 Å². The lowest BCUT2D eigenvalue weighted by molar-refractivity contribution is -0.266. The molecule has 2 aromatic rings. The van der Waals surface area contributed by atoms with Crippen molar-refractivity contribution in [3.8, 4) is 5.75 Å². The largest absolute Gasteiger partial charge is 0.508 e. The van der Waals surface area contributed by atoms with E-state index in [9.17, 15) is 32.6 Å². The Balaban J connectivity index is 1.96. The Hall–Kier alpha value is -2.81. The molecule has 5 nitrogen and oxygen atoms in total. The number of hydrogen-bond donors (Lipinski definition) is 3. The van der Waals surface area contributed by atoms with E-state index in [2.05, 4.69) is 10.9 Å². The Kier molecular flexibility index (Phi) is 4.98. The van der Waals surface area contributed by atoms with Gasteiger partial charge in [-0.15, -0.1) is 5.43 Å². The molecule has 3 N–H and O–H groups in total. The van der Waals surface area contributed by atoms with Crippen LogP contribution in [0.4, 0.5) is 23.2 Å². The van der Waals surface area contributed by atoms with E-state index in [1.54, 1.807) is 0 Å². The number of fused-ring (bicyclic) bond motifs is 1. The SMILES string of the molecule is CC(C)(CC(O)(Cc1ccc2c(c1)C(=O)[N]N2)C(F)(F)F)c1cc(F)ccc1O. The fourth-order valence-corrected chi connectivity index (χ4v) is 3.62. The number of halogens is 4. The molecule has 0 fully saturated rings. The number of carbonyl (C=O) groups excluding carboxylic acids is 1. The summed E-state index contributed by atoms with van der Waals surface area (Å²) in [6.07, 6.45) is -6.68. The van der Waals surface area contributed by atoms with E-state index in [0.29, 0.717) is 5.69 Å². The van der Waals surface area contributed by atoms with E-state index in [4.69, 9.17) is 0 Å². The van der Waals surface area contributed by atoms with Crippen LogP contribution in [0.5, 0.6) is 5.75 Å². The van der Waals surface area contributed by atoms with E-state index in [0.717, 1.165) is 18.2 Å². The minimum atomic E-state index is -5.02. The second-order valence-corrected chi connectivity index (χ2v) is 7.84. The van der Waals surface area contributed by atoms with E-state index in [1.165, 1.54) is 32.0 Å². The van der Waals surface area contributed by atoms with E-state index >= 15 is 0 Å². The summed E-state index contributed by atoms with van der Waals surface area (Å²) in [5.41, 5.74) is 1.88. The molecule has 1 atom stereocenters. The Bertz CT molecular complexity index is 959. The highest BCUT2D eigenvalue weighted by atomic mass is 19.4. The first-order chi connectivity index (χ1) is 13.3. The standard InChI is InChI=1S/C20H19F4N2O3/c1-18(2,14-8-12(21)4-6-16(14)27)10-19(29,20(22,23)24)9-11-3-5-15-13(7-11)17(28)26-25-15/h3-8,25,27,29H,9-10H2,1-2H3. The highest BCUT2D eigenvalue weighted by Gasteiger charge is 2.56. The van der Waals surface area contributed by atoms with Gasteiger partial charge >= 0.3 is 6.18 Å². The molecule has 0 spiro atoms. The Morgan fingerprint density at radius 1 is 1.10 bits per heavy atom. The number of phenolic OH excluding ortho intramolecular Hbond substituents is 1. The van der Waals surface area contributed by atoms with Gasteiger partial charge in [-0.25, -0.2) is 4.39 Å². The molecule has 0 aliphatic carbocycles. The van der Waals surface area contributed by atoms with Crippen molar-refractivity contribution < 1.29 is 32.6 Å². The van der Waals surface area contributed by atoms with E-state index < -0.39 is 41.8 Å². The molecule has 1 aliphatic heterocycles. The van der Waals surface area contributed by atoms with Gasteiger partial charge in [0.1, 0.15) is 11.6 Å². The molecule has 1 heterocycles. The molecule has 1 radical (unpaired) electrons. The first-order valence-corrected chi connectivity index (χ1v) is 8.74. The van der Waals surface area contributed by atoms with Gasteiger partial charge in [-0.1, -0.05) is 19.9 Å². The fraction of sp³-hybridized carbons (Fsp3) is 0.350. The predicted octanol–water partition coefficient (Wildman–Crippen LogP) is 3.82. The number of hydrogen-bond acceptors (Lipinski definition) is 4. The zero-order valence-corrected chi connectivity index (χ0v) is 15.6. The summed E-state index contributed by atoms with van der Waals surface area (Å²) in [7, 11) is 0. The molecule has 0 saturated carbocycles. The van der Waals surface area contributed by atoms with Crippen LogP contribution < -0.4 is 10.9 Å². The molecule has 0 aromatic heterocycles. The third-order valence-corrected chi connectivity index (χ3v) is 5.04. The van der Waals surface area contributed by atoms with Crippen molar-refractivity contribution in [2.45, 2.75) is 43.9 Å². The highest BCUT2D eigenvalue weighted by molar-refractivity contribution is 6.03. The fourth-order valence-electron chi connectivity index (χ4n) is 3.62. The average molecular weight is 411 g/mol. The molecule has 9 heteroatoms. The van der Waals surface area contributed by atoms with Crippen LogP contribution in [0.15, 0.2) is 36.4 Å². The average Bonchev–Trinajstić information content (AvgIpc) is 2.96. The lowest BCUT2D eigenvalue weighted by atomic mass is 9.72. The summed E-state index contributed by atoms with van der Waals surface area (Å²) >= 11 is 0. The van der Waals surface area contributed by atoms with Crippen molar-refractivity contribution in [1.82, 2.24) is 5.43 Å². The molecule has 2 aromatic carbocycles. The number of nitrogens with one attached hydrogen (secondary N) is 1. The molecule has 1 aliphatic rings. The quantitative estimate of drug-likeness (QED) is 0.654. The molecule has 0 bridgehead atoms. The number of anilines is 1. The van der Waals surface area contributed by atoms with Gasteiger partial charge in [0.05, 0.1) is 11.3 Å². The number of amides is 1. The van der Waals surface area contributed by atoms with Crippen LogP contribution in [-0.2, 0) is 11.8 Å². The van der Waals surface area contributed by atoms with Crippen LogP contribution in [0.2, 0.25) is 0 Å². The second kappa shape index (κ2) is 6.91. The normalized spacial score (nSPS) is 16.0. The maximum Gasteiger partial charge on any atom is 0.417 e.